The van der Waals surface area contributed by atoms with Crippen molar-refractivity contribution in [2.24, 2.45) is 0 Å². The third-order valence-corrected chi connectivity index (χ3v) is 3.76. The molecule has 0 spiro atoms. The van der Waals surface area contributed by atoms with E-state index in [0.717, 1.165) is 38.2 Å². The van der Waals surface area contributed by atoms with Gasteiger partial charge in [0.2, 0.25) is 0 Å². The molecular formula is C13H18N4O2. The van der Waals surface area contributed by atoms with E-state index >= 15 is 0 Å². The Balaban J connectivity index is 1.59. The van der Waals surface area contributed by atoms with Crippen molar-refractivity contribution >= 4 is 11.8 Å². The van der Waals surface area contributed by atoms with Crippen molar-refractivity contribution < 1.29 is 9.53 Å². The van der Waals surface area contributed by atoms with Crippen LogP contribution in [0.2, 0.25) is 0 Å². The molecule has 0 amide bonds. The number of hydrogen-bond acceptors (Lipinski definition) is 6. The lowest BCUT2D eigenvalue weighted by molar-refractivity contribution is -0.139. The minimum absolute atomic E-state index is 0.121. The van der Waals surface area contributed by atoms with E-state index in [1.54, 1.807) is 6.20 Å². The van der Waals surface area contributed by atoms with E-state index in [1.807, 2.05) is 12.1 Å². The van der Waals surface area contributed by atoms with Crippen molar-refractivity contribution in [3.8, 4) is 0 Å². The van der Waals surface area contributed by atoms with E-state index in [9.17, 15) is 4.79 Å². The molecule has 0 bridgehead atoms. The third-order valence-electron chi connectivity index (χ3n) is 3.76. The second-order valence-corrected chi connectivity index (χ2v) is 4.99. The number of rotatable bonds is 4. The van der Waals surface area contributed by atoms with E-state index < -0.39 is 0 Å². The molecule has 6 heteroatoms. The predicted octanol–water partition coefficient (Wildman–Crippen LogP) is 0.350. The van der Waals surface area contributed by atoms with Crippen LogP contribution in [0, 0.1) is 0 Å². The Morgan fingerprint density at radius 1 is 1.47 bits per heavy atom. The number of esters is 1. The van der Waals surface area contributed by atoms with Gasteiger partial charge in [0.1, 0.15) is 6.04 Å². The van der Waals surface area contributed by atoms with Gasteiger partial charge in [-0.3, -0.25) is 4.79 Å². The summed E-state index contributed by atoms with van der Waals surface area (Å²) in [5.41, 5.74) is 0. The molecule has 0 radical (unpaired) electrons. The molecule has 2 aliphatic heterocycles. The summed E-state index contributed by atoms with van der Waals surface area (Å²) in [5.74, 6) is 0.796. The van der Waals surface area contributed by atoms with Crippen molar-refractivity contribution in [2.45, 2.75) is 31.3 Å². The maximum atomic E-state index is 11.4. The first-order chi connectivity index (χ1) is 9.34. The van der Waals surface area contributed by atoms with Gasteiger partial charge in [0.15, 0.2) is 5.82 Å². The average molecular weight is 262 g/mol. The van der Waals surface area contributed by atoms with Crippen molar-refractivity contribution in [3.05, 3.63) is 18.3 Å². The van der Waals surface area contributed by atoms with Crippen molar-refractivity contribution in [3.63, 3.8) is 0 Å². The molecule has 2 saturated heterocycles. The molecule has 1 aromatic heterocycles. The molecule has 0 saturated carbocycles. The first-order valence-corrected chi connectivity index (χ1v) is 6.79. The predicted molar refractivity (Wildman–Crippen MR) is 69.8 cm³/mol. The number of ether oxygens (including phenoxy) is 1. The van der Waals surface area contributed by atoms with E-state index in [2.05, 4.69) is 20.4 Å². The van der Waals surface area contributed by atoms with Gasteiger partial charge >= 0.3 is 5.97 Å². The van der Waals surface area contributed by atoms with Gasteiger partial charge in [-0.05, 0) is 25.0 Å². The number of hydrogen-bond donors (Lipinski definition) is 1. The zero-order valence-corrected chi connectivity index (χ0v) is 10.8. The maximum Gasteiger partial charge on any atom is 0.323 e. The van der Waals surface area contributed by atoms with Gasteiger partial charge in [0.05, 0.1) is 6.61 Å². The molecule has 2 fully saturated rings. The Kier molecular flexibility index (Phi) is 3.59. The van der Waals surface area contributed by atoms with Crippen molar-refractivity contribution in [1.82, 2.24) is 15.5 Å². The fourth-order valence-electron chi connectivity index (χ4n) is 2.76. The first-order valence-electron chi connectivity index (χ1n) is 6.79. The molecule has 2 atom stereocenters. The summed E-state index contributed by atoms with van der Waals surface area (Å²) in [6.07, 6.45) is 4.72. The van der Waals surface area contributed by atoms with Crippen LogP contribution in [0.1, 0.15) is 19.3 Å². The molecular weight excluding hydrogens is 244 g/mol. The highest BCUT2D eigenvalue weighted by Gasteiger charge is 2.30. The van der Waals surface area contributed by atoms with Crippen LogP contribution >= 0.6 is 0 Å². The van der Waals surface area contributed by atoms with Crippen LogP contribution in [0.15, 0.2) is 18.3 Å². The van der Waals surface area contributed by atoms with Crippen molar-refractivity contribution in [1.29, 1.82) is 0 Å². The molecule has 0 aromatic carbocycles. The molecule has 1 N–H and O–H groups in total. The van der Waals surface area contributed by atoms with E-state index in [-0.39, 0.29) is 12.0 Å². The summed E-state index contributed by atoms with van der Waals surface area (Å²) < 4.78 is 4.95. The zero-order valence-electron chi connectivity index (χ0n) is 10.8. The lowest BCUT2D eigenvalue weighted by atomic mass is 10.2. The Morgan fingerprint density at radius 3 is 3.16 bits per heavy atom. The second kappa shape index (κ2) is 5.52. The Bertz CT molecular complexity index is 440. The summed E-state index contributed by atoms with van der Waals surface area (Å²) in [6.45, 7) is 2.32. The van der Waals surface area contributed by atoms with Crippen LogP contribution in [-0.2, 0) is 9.53 Å². The first kappa shape index (κ1) is 12.3. The highest BCUT2D eigenvalue weighted by Crippen LogP contribution is 2.22. The molecule has 2 unspecified atom stereocenters. The summed E-state index contributed by atoms with van der Waals surface area (Å²) in [4.78, 5) is 13.7. The van der Waals surface area contributed by atoms with Gasteiger partial charge in [-0.15, -0.1) is 5.10 Å². The van der Waals surface area contributed by atoms with Crippen LogP contribution < -0.4 is 10.2 Å². The Labute approximate surface area is 112 Å². The third kappa shape index (κ3) is 2.68. The topological polar surface area (TPSA) is 67.3 Å². The maximum absolute atomic E-state index is 11.4. The van der Waals surface area contributed by atoms with Crippen LogP contribution in [-0.4, -0.2) is 47.9 Å². The van der Waals surface area contributed by atoms with Gasteiger partial charge in [0.25, 0.3) is 0 Å². The van der Waals surface area contributed by atoms with Gasteiger partial charge in [-0.2, -0.15) is 5.10 Å². The molecule has 1 aromatic rings. The normalized spacial score (nSPS) is 26.7. The van der Waals surface area contributed by atoms with Gasteiger partial charge in [-0.25, -0.2) is 0 Å². The number of carbonyl (C=O) groups is 1. The molecule has 102 valence electrons. The van der Waals surface area contributed by atoms with Crippen LogP contribution in [0.25, 0.3) is 0 Å². The number of nitrogens with one attached hydrogen (secondary N) is 1. The highest BCUT2D eigenvalue weighted by atomic mass is 16.5. The Hall–Kier alpha value is -1.69. The van der Waals surface area contributed by atoms with Crippen LogP contribution in [0.3, 0.4) is 0 Å². The SMILES string of the molecule is O=C1OCCC1NCC1CCCN1c1cccnn1. The Morgan fingerprint density at radius 2 is 2.42 bits per heavy atom. The van der Waals surface area contributed by atoms with E-state index in [0.29, 0.717) is 12.6 Å². The minimum atomic E-state index is -0.135. The largest absolute Gasteiger partial charge is 0.464 e. The van der Waals surface area contributed by atoms with E-state index in [4.69, 9.17) is 4.74 Å². The van der Waals surface area contributed by atoms with Gasteiger partial charge in [0, 0.05) is 31.7 Å². The second-order valence-electron chi connectivity index (χ2n) is 4.99. The summed E-state index contributed by atoms with van der Waals surface area (Å²) in [5, 5.41) is 11.4. The number of aromatic nitrogens is 2. The number of anilines is 1. The molecule has 6 nitrogen and oxygen atoms in total. The van der Waals surface area contributed by atoms with Crippen LogP contribution in [0.4, 0.5) is 5.82 Å². The summed E-state index contributed by atoms with van der Waals surface area (Å²) in [6, 6.07) is 4.13. The zero-order chi connectivity index (χ0) is 13.1. The molecule has 2 aliphatic rings. The fourth-order valence-corrected chi connectivity index (χ4v) is 2.76. The number of cyclic esters (lactones) is 1. The smallest absolute Gasteiger partial charge is 0.323 e. The fraction of sp³-hybridized carbons (Fsp3) is 0.615. The molecule has 0 aliphatic carbocycles. The quantitative estimate of drug-likeness (QED) is 0.790. The van der Waals surface area contributed by atoms with E-state index in [1.165, 1.54) is 0 Å². The lowest BCUT2D eigenvalue weighted by Crippen LogP contribution is -2.43. The van der Waals surface area contributed by atoms with Gasteiger partial charge < -0.3 is 15.0 Å². The minimum Gasteiger partial charge on any atom is -0.464 e. The highest BCUT2D eigenvalue weighted by molar-refractivity contribution is 5.77. The molecule has 3 heterocycles. The number of nitrogens with zero attached hydrogens (tertiary/aromatic N) is 3. The number of carbonyl (C=O) groups excluding carboxylic acids is 1. The van der Waals surface area contributed by atoms with Gasteiger partial charge in [-0.1, -0.05) is 0 Å². The van der Waals surface area contributed by atoms with Crippen LogP contribution in [0.5, 0.6) is 0 Å². The molecule has 3 rings (SSSR count). The molecule has 19 heavy (non-hydrogen) atoms. The summed E-state index contributed by atoms with van der Waals surface area (Å²) in [7, 11) is 0. The summed E-state index contributed by atoms with van der Waals surface area (Å²) >= 11 is 0. The standard InChI is InChI=1S/C13H18N4O2/c18-13-11(5-8-19-13)14-9-10-3-2-7-17(10)12-4-1-6-15-16-12/h1,4,6,10-11,14H,2-3,5,7-9H2. The average Bonchev–Trinajstić information content (AvgIpc) is 3.06. The van der Waals surface area contributed by atoms with Crippen molar-refractivity contribution in [2.75, 3.05) is 24.6 Å². The monoisotopic (exact) mass is 262 g/mol. The lowest BCUT2D eigenvalue weighted by Gasteiger charge is -2.26.